The van der Waals surface area contributed by atoms with Gasteiger partial charge < -0.3 is 15.3 Å². The molecule has 0 aliphatic heterocycles. The summed E-state index contributed by atoms with van der Waals surface area (Å²) in [7, 11) is 0. The first kappa shape index (κ1) is 12.2. The van der Waals surface area contributed by atoms with Gasteiger partial charge in [-0.1, -0.05) is 13.0 Å². The van der Waals surface area contributed by atoms with Crippen LogP contribution in [-0.4, -0.2) is 27.3 Å². The van der Waals surface area contributed by atoms with E-state index in [9.17, 15) is 9.59 Å². The SMILES string of the molecule is CCc1ccc(C(=O)O)c(C(=O)O)c1CO. The number of hydrogen-bond acceptors (Lipinski definition) is 3. The molecule has 0 aliphatic carbocycles. The molecular weight excluding hydrogens is 212 g/mol. The van der Waals surface area contributed by atoms with Crippen LogP contribution in [-0.2, 0) is 13.0 Å². The first-order chi connectivity index (χ1) is 7.52. The van der Waals surface area contributed by atoms with Gasteiger partial charge in [0.2, 0.25) is 0 Å². The highest BCUT2D eigenvalue weighted by atomic mass is 16.4. The van der Waals surface area contributed by atoms with Crippen molar-refractivity contribution in [3.8, 4) is 0 Å². The van der Waals surface area contributed by atoms with Crippen LogP contribution in [0.5, 0.6) is 0 Å². The van der Waals surface area contributed by atoms with Crippen LogP contribution in [0.3, 0.4) is 0 Å². The quantitative estimate of drug-likeness (QED) is 0.712. The Morgan fingerprint density at radius 1 is 1.19 bits per heavy atom. The highest BCUT2D eigenvalue weighted by Crippen LogP contribution is 2.20. The highest BCUT2D eigenvalue weighted by molar-refractivity contribution is 6.03. The maximum absolute atomic E-state index is 11.0. The number of aliphatic hydroxyl groups excluding tert-OH is 1. The number of aliphatic hydroxyl groups is 1. The topological polar surface area (TPSA) is 94.8 Å². The van der Waals surface area contributed by atoms with Crippen LogP contribution in [0.2, 0.25) is 0 Å². The summed E-state index contributed by atoms with van der Waals surface area (Å²) in [5.74, 6) is -2.65. The third-order valence-electron chi connectivity index (χ3n) is 2.39. The zero-order valence-corrected chi connectivity index (χ0v) is 8.73. The van der Waals surface area contributed by atoms with Crippen LogP contribution in [0.25, 0.3) is 0 Å². The van der Waals surface area contributed by atoms with Gasteiger partial charge in [-0.15, -0.1) is 0 Å². The van der Waals surface area contributed by atoms with Gasteiger partial charge in [-0.3, -0.25) is 0 Å². The van der Waals surface area contributed by atoms with Gasteiger partial charge in [-0.05, 0) is 23.6 Å². The van der Waals surface area contributed by atoms with Gasteiger partial charge in [-0.25, -0.2) is 9.59 Å². The van der Waals surface area contributed by atoms with Crippen LogP contribution < -0.4 is 0 Å². The monoisotopic (exact) mass is 224 g/mol. The second-order valence-electron chi connectivity index (χ2n) is 3.25. The molecule has 0 bridgehead atoms. The van der Waals surface area contributed by atoms with Crippen LogP contribution in [0, 0.1) is 0 Å². The normalized spacial score (nSPS) is 10.1. The molecule has 5 nitrogen and oxygen atoms in total. The third-order valence-corrected chi connectivity index (χ3v) is 2.39. The average molecular weight is 224 g/mol. The van der Waals surface area contributed by atoms with Crippen LogP contribution in [0.4, 0.5) is 0 Å². The van der Waals surface area contributed by atoms with Crippen LogP contribution >= 0.6 is 0 Å². The Labute approximate surface area is 92.0 Å². The lowest BCUT2D eigenvalue weighted by atomic mass is 9.95. The molecule has 1 aromatic rings. The van der Waals surface area contributed by atoms with E-state index in [2.05, 4.69) is 0 Å². The molecule has 0 fully saturated rings. The van der Waals surface area contributed by atoms with Gasteiger partial charge in [0, 0.05) is 0 Å². The first-order valence-electron chi connectivity index (χ1n) is 4.75. The maximum Gasteiger partial charge on any atom is 0.336 e. The first-order valence-corrected chi connectivity index (χ1v) is 4.75. The van der Waals surface area contributed by atoms with E-state index in [0.717, 1.165) is 0 Å². The number of aryl methyl sites for hydroxylation is 1. The molecule has 0 aliphatic rings. The molecule has 0 saturated carbocycles. The van der Waals surface area contributed by atoms with E-state index in [1.54, 1.807) is 6.92 Å². The van der Waals surface area contributed by atoms with Gasteiger partial charge in [0.25, 0.3) is 0 Å². The van der Waals surface area contributed by atoms with Gasteiger partial charge in [0.1, 0.15) is 0 Å². The molecule has 16 heavy (non-hydrogen) atoms. The number of rotatable bonds is 4. The molecule has 0 amide bonds. The Bertz CT molecular complexity index is 436. The standard InChI is InChI=1S/C11H12O5/c1-2-6-3-4-7(10(13)14)9(11(15)16)8(6)5-12/h3-4,12H,2,5H2,1H3,(H,13,14)(H,15,16). The lowest BCUT2D eigenvalue weighted by Gasteiger charge is -2.11. The second kappa shape index (κ2) is 4.76. The van der Waals surface area contributed by atoms with Crippen molar-refractivity contribution in [3.63, 3.8) is 0 Å². The van der Waals surface area contributed by atoms with Crippen LogP contribution in [0.15, 0.2) is 12.1 Å². The Hall–Kier alpha value is -1.88. The lowest BCUT2D eigenvalue weighted by Crippen LogP contribution is -2.13. The number of aromatic carboxylic acids is 2. The minimum atomic E-state index is -1.34. The summed E-state index contributed by atoms with van der Waals surface area (Å²) < 4.78 is 0. The Kier molecular flexibility index (Phi) is 3.63. The molecule has 0 unspecified atom stereocenters. The van der Waals surface area contributed by atoms with Crippen molar-refractivity contribution >= 4 is 11.9 Å². The van der Waals surface area contributed by atoms with Crippen molar-refractivity contribution in [2.24, 2.45) is 0 Å². The Balaban J connectivity index is 3.56. The molecule has 1 rings (SSSR count). The third kappa shape index (κ3) is 2.04. The summed E-state index contributed by atoms with van der Waals surface area (Å²) >= 11 is 0. The van der Waals surface area contributed by atoms with E-state index in [0.29, 0.717) is 12.0 Å². The molecule has 0 aromatic heterocycles. The van der Waals surface area contributed by atoms with E-state index >= 15 is 0 Å². The second-order valence-corrected chi connectivity index (χ2v) is 3.25. The molecule has 5 heteroatoms. The fourth-order valence-corrected chi connectivity index (χ4v) is 1.63. The summed E-state index contributed by atoms with van der Waals surface area (Å²) in [6, 6.07) is 2.78. The van der Waals surface area contributed by atoms with E-state index in [-0.39, 0.29) is 16.7 Å². The fourth-order valence-electron chi connectivity index (χ4n) is 1.63. The van der Waals surface area contributed by atoms with Crippen molar-refractivity contribution in [3.05, 3.63) is 34.4 Å². The summed E-state index contributed by atoms with van der Waals surface area (Å²) in [5.41, 5.74) is 0.197. The van der Waals surface area contributed by atoms with Crippen molar-refractivity contribution in [1.29, 1.82) is 0 Å². The Morgan fingerprint density at radius 2 is 1.81 bits per heavy atom. The summed E-state index contributed by atoms with van der Waals surface area (Å²) in [6.07, 6.45) is 0.538. The minimum absolute atomic E-state index is 0.176. The zero-order chi connectivity index (χ0) is 12.3. The molecule has 86 valence electrons. The van der Waals surface area contributed by atoms with E-state index in [1.165, 1.54) is 12.1 Å². The largest absolute Gasteiger partial charge is 0.478 e. The van der Waals surface area contributed by atoms with Crippen molar-refractivity contribution in [2.75, 3.05) is 0 Å². The number of carbonyl (C=O) groups is 2. The van der Waals surface area contributed by atoms with E-state index in [1.807, 2.05) is 0 Å². The predicted octanol–water partition coefficient (Wildman–Crippen LogP) is 1.14. The smallest absolute Gasteiger partial charge is 0.336 e. The van der Waals surface area contributed by atoms with Gasteiger partial charge >= 0.3 is 11.9 Å². The van der Waals surface area contributed by atoms with Crippen molar-refractivity contribution in [2.45, 2.75) is 20.0 Å². The van der Waals surface area contributed by atoms with E-state index in [4.69, 9.17) is 15.3 Å². The predicted molar refractivity (Wildman–Crippen MR) is 55.7 cm³/mol. The van der Waals surface area contributed by atoms with Crippen molar-refractivity contribution in [1.82, 2.24) is 0 Å². The molecule has 0 heterocycles. The zero-order valence-electron chi connectivity index (χ0n) is 8.73. The molecule has 0 radical (unpaired) electrons. The number of benzene rings is 1. The van der Waals surface area contributed by atoms with E-state index < -0.39 is 18.5 Å². The van der Waals surface area contributed by atoms with Gasteiger partial charge in [-0.2, -0.15) is 0 Å². The summed E-state index contributed by atoms with van der Waals surface area (Å²) in [4.78, 5) is 21.8. The lowest BCUT2D eigenvalue weighted by molar-refractivity contribution is 0.0648. The Morgan fingerprint density at radius 3 is 2.19 bits per heavy atom. The molecule has 3 N–H and O–H groups in total. The van der Waals surface area contributed by atoms with Gasteiger partial charge in [0.15, 0.2) is 0 Å². The molecule has 0 saturated heterocycles. The number of hydrogen-bond donors (Lipinski definition) is 3. The molecule has 0 atom stereocenters. The molecule has 1 aromatic carbocycles. The fraction of sp³-hybridized carbons (Fsp3) is 0.273. The van der Waals surface area contributed by atoms with Crippen LogP contribution in [0.1, 0.15) is 38.8 Å². The number of carboxylic acid groups (broad SMARTS) is 2. The summed E-state index contributed by atoms with van der Waals surface area (Å²) in [5, 5.41) is 27.0. The summed E-state index contributed by atoms with van der Waals surface area (Å²) in [6.45, 7) is 1.33. The molecule has 0 spiro atoms. The minimum Gasteiger partial charge on any atom is -0.478 e. The molecular formula is C11H12O5. The average Bonchev–Trinajstić information content (AvgIpc) is 2.26. The van der Waals surface area contributed by atoms with Gasteiger partial charge in [0.05, 0.1) is 17.7 Å². The maximum atomic E-state index is 11.0. The highest BCUT2D eigenvalue weighted by Gasteiger charge is 2.21. The number of carboxylic acids is 2. The van der Waals surface area contributed by atoms with Crippen molar-refractivity contribution < 1.29 is 24.9 Å².